The average molecular weight is 326 g/mol. The van der Waals surface area contributed by atoms with Gasteiger partial charge >= 0.3 is 0 Å². The van der Waals surface area contributed by atoms with E-state index in [0.717, 1.165) is 11.3 Å². The van der Waals surface area contributed by atoms with E-state index < -0.39 is 0 Å². The Balaban J connectivity index is 0.00000220. The zero-order valence-corrected chi connectivity index (χ0v) is 14.0. The molecule has 0 aliphatic heterocycles. The third-order valence-electron chi connectivity index (χ3n) is 3.01. The molecular formula is C15H20ClN3OS. The minimum absolute atomic E-state index is 0. The molecule has 0 spiro atoms. The summed E-state index contributed by atoms with van der Waals surface area (Å²) in [5, 5.41) is 8.41. The standard InChI is InChI=1S/C15H19N3OS.ClH/c1-10-4-5-12(11(2)8-10)13-9-20-15(17-13)18-14(19)6-7-16-3;/h4-5,8-9,16H,6-7H2,1-3H3,(H,17,18,19);1H. The van der Waals surface area contributed by atoms with Crippen LogP contribution in [0.5, 0.6) is 0 Å². The number of aromatic nitrogens is 1. The Labute approximate surface area is 135 Å². The molecule has 2 rings (SSSR count). The summed E-state index contributed by atoms with van der Waals surface area (Å²) in [6.07, 6.45) is 0.453. The lowest BCUT2D eigenvalue weighted by molar-refractivity contribution is -0.116. The summed E-state index contributed by atoms with van der Waals surface area (Å²) in [7, 11) is 1.83. The van der Waals surface area contributed by atoms with Crippen molar-refractivity contribution in [3.63, 3.8) is 0 Å². The highest BCUT2D eigenvalue weighted by Crippen LogP contribution is 2.27. The molecule has 0 atom stereocenters. The number of carbonyl (C=O) groups is 1. The maximum Gasteiger partial charge on any atom is 0.227 e. The lowest BCUT2D eigenvalue weighted by Crippen LogP contribution is -2.18. The van der Waals surface area contributed by atoms with Gasteiger partial charge in [0.05, 0.1) is 5.69 Å². The number of rotatable bonds is 5. The van der Waals surface area contributed by atoms with Crippen molar-refractivity contribution in [2.45, 2.75) is 20.3 Å². The van der Waals surface area contributed by atoms with Gasteiger partial charge in [0.25, 0.3) is 0 Å². The van der Waals surface area contributed by atoms with Gasteiger partial charge in [-0.2, -0.15) is 0 Å². The Morgan fingerprint density at radius 2 is 2.10 bits per heavy atom. The second-order valence-corrected chi connectivity index (χ2v) is 5.62. The van der Waals surface area contributed by atoms with Gasteiger partial charge < -0.3 is 10.6 Å². The SMILES string of the molecule is CNCCC(=O)Nc1nc(-c2ccc(C)cc2C)cs1.Cl. The van der Waals surface area contributed by atoms with Crippen LogP contribution in [-0.2, 0) is 4.79 Å². The molecule has 0 saturated heterocycles. The quantitative estimate of drug-likeness (QED) is 0.886. The molecule has 1 amide bonds. The maximum absolute atomic E-state index is 11.6. The van der Waals surface area contributed by atoms with Crippen LogP contribution in [0.15, 0.2) is 23.6 Å². The van der Waals surface area contributed by atoms with Crippen molar-refractivity contribution < 1.29 is 4.79 Å². The molecule has 0 fully saturated rings. The molecule has 0 radical (unpaired) electrons. The van der Waals surface area contributed by atoms with Gasteiger partial charge in [-0.15, -0.1) is 23.7 Å². The second kappa shape index (κ2) is 8.12. The lowest BCUT2D eigenvalue weighted by atomic mass is 10.0. The number of aryl methyl sites for hydroxylation is 2. The monoisotopic (exact) mass is 325 g/mol. The van der Waals surface area contributed by atoms with E-state index >= 15 is 0 Å². The van der Waals surface area contributed by atoms with Crippen molar-refractivity contribution in [3.05, 3.63) is 34.7 Å². The highest BCUT2D eigenvalue weighted by atomic mass is 35.5. The van der Waals surface area contributed by atoms with Gasteiger partial charge in [-0.1, -0.05) is 23.8 Å². The molecule has 0 saturated carbocycles. The molecule has 0 bridgehead atoms. The largest absolute Gasteiger partial charge is 0.319 e. The first-order chi connectivity index (χ1) is 9.60. The van der Waals surface area contributed by atoms with Gasteiger partial charge in [0.2, 0.25) is 5.91 Å². The first-order valence-corrected chi connectivity index (χ1v) is 7.45. The number of hydrogen-bond donors (Lipinski definition) is 2. The number of benzene rings is 1. The van der Waals surface area contributed by atoms with Gasteiger partial charge in [0.15, 0.2) is 5.13 Å². The van der Waals surface area contributed by atoms with E-state index in [4.69, 9.17) is 0 Å². The third kappa shape index (κ3) is 4.81. The minimum atomic E-state index is -0.0131. The van der Waals surface area contributed by atoms with Crippen LogP contribution >= 0.6 is 23.7 Å². The van der Waals surface area contributed by atoms with Gasteiger partial charge in [-0.25, -0.2) is 4.98 Å². The first-order valence-electron chi connectivity index (χ1n) is 6.57. The fraction of sp³-hybridized carbons (Fsp3) is 0.333. The summed E-state index contributed by atoms with van der Waals surface area (Å²) in [6.45, 7) is 4.82. The number of thiazole rings is 1. The molecule has 1 heterocycles. The number of nitrogens with zero attached hydrogens (tertiary/aromatic N) is 1. The van der Waals surface area contributed by atoms with Crippen LogP contribution in [0.1, 0.15) is 17.5 Å². The molecule has 4 nitrogen and oxygen atoms in total. The maximum atomic E-state index is 11.6. The highest BCUT2D eigenvalue weighted by Gasteiger charge is 2.09. The Morgan fingerprint density at radius 3 is 2.76 bits per heavy atom. The van der Waals surface area contributed by atoms with Crippen molar-refractivity contribution in [1.29, 1.82) is 0 Å². The number of carbonyl (C=O) groups excluding carboxylic acids is 1. The van der Waals surface area contributed by atoms with Crippen LogP contribution in [-0.4, -0.2) is 24.5 Å². The fourth-order valence-electron chi connectivity index (χ4n) is 1.98. The molecular weight excluding hydrogens is 306 g/mol. The molecule has 1 aromatic heterocycles. The van der Waals surface area contributed by atoms with Gasteiger partial charge in [0.1, 0.15) is 0 Å². The predicted molar refractivity (Wildman–Crippen MR) is 91.4 cm³/mol. The Hall–Kier alpha value is -1.43. The Bertz CT molecular complexity index is 613. The number of halogens is 1. The van der Waals surface area contributed by atoms with Gasteiger partial charge in [-0.3, -0.25) is 4.79 Å². The van der Waals surface area contributed by atoms with Crippen molar-refractivity contribution in [2.75, 3.05) is 18.9 Å². The second-order valence-electron chi connectivity index (χ2n) is 4.76. The number of nitrogens with one attached hydrogen (secondary N) is 2. The summed E-state index contributed by atoms with van der Waals surface area (Å²) in [5.74, 6) is -0.0131. The smallest absolute Gasteiger partial charge is 0.227 e. The predicted octanol–water partition coefficient (Wildman–Crippen LogP) is 3.40. The van der Waals surface area contributed by atoms with E-state index in [2.05, 4.69) is 47.7 Å². The molecule has 21 heavy (non-hydrogen) atoms. The summed E-state index contributed by atoms with van der Waals surface area (Å²) < 4.78 is 0. The molecule has 1 aromatic carbocycles. The van der Waals surface area contributed by atoms with E-state index in [9.17, 15) is 4.79 Å². The van der Waals surface area contributed by atoms with E-state index in [1.165, 1.54) is 22.5 Å². The number of amides is 1. The van der Waals surface area contributed by atoms with Crippen molar-refractivity contribution in [1.82, 2.24) is 10.3 Å². The van der Waals surface area contributed by atoms with Gasteiger partial charge in [-0.05, 0) is 26.5 Å². The van der Waals surface area contributed by atoms with Crippen LogP contribution in [0.4, 0.5) is 5.13 Å². The fourth-order valence-corrected chi connectivity index (χ4v) is 2.70. The third-order valence-corrected chi connectivity index (χ3v) is 3.77. The molecule has 0 aliphatic carbocycles. The lowest BCUT2D eigenvalue weighted by Gasteiger charge is -2.04. The normalized spacial score (nSPS) is 10.0. The zero-order valence-electron chi connectivity index (χ0n) is 12.4. The Kier molecular flexibility index (Phi) is 6.81. The summed E-state index contributed by atoms with van der Waals surface area (Å²) >= 11 is 1.46. The molecule has 0 aliphatic rings. The van der Waals surface area contributed by atoms with E-state index in [-0.39, 0.29) is 18.3 Å². The molecule has 6 heteroatoms. The van der Waals surface area contributed by atoms with Crippen molar-refractivity contribution >= 4 is 34.8 Å². The average Bonchev–Trinajstić information content (AvgIpc) is 2.84. The van der Waals surface area contributed by atoms with Crippen LogP contribution in [0.2, 0.25) is 0 Å². The molecule has 114 valence electrons. The van der Waals surface area contributed by atoms with Gasteiger partial charge in [0, 0.05) is 23.9 Å². The molecule has 2 aromatic rings. The summed E-state index contributed by atoms with van der Waals surface area (Å²) in [5.41, 5.74) is 4.46. The van der Waals surface area contributed by atoms with Crippen molar-refractivity contribution in [3.8, 4) is 11.3 Å². The van der Waals surface area contributed by atoms with E-state index in [1.54, 1.807) is 0 Å². The zero-order chi connectivity index (χ0) is 14.5. The van der Waals surface area contributed by atoms with Crippen LogP contribution in [0.3, 0.4) is 0 Å². The van der Waals surface area contributed by atoms with Crippen LogP contribution < -0.4 is 10.6 Å². The molecule has 2 N–H and O–H groups in total. The van der Waals surface area contributed by atoms with Crippen molar-refractivity contribution in [2.24, 2.45) is 0 Å². The summed E-state index contributed by atoms with van der Waals surface area (Å²) in [6, 6.07) is 6.29. The number of hydrogen-bond acceptors (Lipinski definition) is 4. The van der Waals surface area contributed by atoms with Crippen LogP contribution in [0, 0.1) is 13.8 Å². The first kappa shape index (κ1) is 17.6. The topological polar surface area (TPSA) is 54.0 Å². The van der Waals surface area contributed by atoms with E-state index in [0.29, 0.717) is 18.1 Å². The Morgan fingerprint density at radius 1 is 1.33 bits per heavy atom. The minimum Gasteiger partial charge on any atom is -0.319 e. The molecule has 0 unspecified atom stereocenters. The highest BCUT2D eigenvalue weighted by molar-refractivity contribution is 7.14. The summed E-state index contributed by atoms with van der Waals surface area (Å²) in [4.78, 5) is 16.1. The van der Waals surface area contributed by atoms with E-state index in [1.807, 2.05) is 12.4 Å². The van der Waals surface area contributed by atoms with Crippen LogP contribution in [0.25, 0.3) is 11.3 Å². The number of anilines is 1.